The molecule has 0 radical (unpaired) electrons. The molecule has 9 rings (SSSR count). The van der Waals surface area contributed by atoms with Gasteiger partial charge in [-0.05, 0) is 74.9 Å². The van der Waals surface area contributed by atoms with Gasteiger partial charge in [0.15, 0.2) is 12.4 Å². The lowest BCUT2D eigenvalue weighted by Gasteiger charge is -2.36. The Hall–Kier alpha value is -6.54. The number of aryl methyl sites for hydroxylation is 3. The number of fused-ring (bicyclic) bond motifs is 3. The Morgan fingerprint density at radius 3 is 2.32 bits per heavy atom. The number of aliphatic imine (C=N–C) groups is 1. The van der Waals surface area contributed by atoms with Crippen molar-refractivity contribution in [2.75, 3.05) is 44.2 Å². The average molecular weight is 1050 g/mol. The van der Waals surface area contributed by atoms with Gasteiger partial charge >= 0.3 is 0 Å². The number of aliphatic hydroxyl groups excluding tert-OH is 1. The van der Waals surface area contributed by atoms with Crippen LogP contribution in [0.4, 0.5) is 5.82 Å². The molecule has 2 aromatic carbocycles. The summed E-state index contributed by atoms with van der Waals surface area (Å²) in [6.45, 7) is 16.9. The quantitative estimate of drug-likeness (QED) is 0.106. The number of aromatic nitrogens is 5. The number of aliphatic hydroxyl groups is 1. The number of ether oxygens (including phenoxy) is 1. The number of pyridine rings is 1. The van der Waals surface area contributed by atoms with E-state index in [1.54, 1.807) is 41.0 Å². The molecule has 0 saturated carbocycles. The van der Waals surface area contributed by atoms with E-state index in [-0.39, 0.29) is 43.8 Å². The lowest BCUT2D eigenvalue weighted by Crippen LogP contribution is -2.58. The molecule has 17 nitrogen and oxygen atoms in total. The van der Waals surface area contributed by atoms with E-state index in [0.717, 1.165) is 54.9 Å². The number of halogens is 1. The maximum atomic E-state index is 14.3. The first kappa shape index (κ1) is 51.4. The van der Waals surface area contributed by atoms with E-state index in [1.807, 2.05) is 105 Å². The molecule has 4 aromatic heterocycles. The number of carbonyl (C=O) groups excluding carboxylic acids is 4. The molecule has 0 aliphatic carbocycles. The predicted molar refractivity (Wildman–Crippen MR) is 283 cm³/mol. The molecule has 2 saturated heterocycles. The Kier molecular flexibility index (Phi) is 14.9. The second-order valence-electron chi connectivity index (χ2n) is 20.0. The Morgan fingerprint density at radius 1 is 0.918 bits per heavy atom. The lowest BCUT2D eigenvalue weighted by atomic mass is 9.85. The van der Waals surface area contributed by atoms with Crippen LogP contribution in [0.15, 0.2) is 77.4 Å². The molecule has 0 spiro atoms. The van der Waals surface area contributed by atoms with Gasteiger partial charge < -0.3 is 35.2 Å². The smallest absolute Gasteiger partial charge is 0.258 e. The molecule has 4 amide bonds. The molecule has 6 aromatic rings. The zero-order valence-corrected chi connectivity index (χ0v) is 44.6. The van der Waals surface area contributed by atoms with E-state index in [9.17, 15) is 24.3 Å². The number of benzene rings is 2. The summed E-state index contributed by atoms with van der Waals surface area (Å²) in [7, 11) is 0. The number of rotatable bonds is 13. The van der Waals surface area contributed by atoms with Gasteiger partial charge in [0.2, 0.25) is 17.7 Å². The van der Waals surface area contributed by atoms with Crippen molar-refractivity contribution in [3.8, 4) is 21.2 Å². The summed E-state index contributed by atoms with van der Waals surface area (Å²) in [4.78, 5) is 77.5. The zero-order valence-electron chi connectivity index (χ0n) is 42.2. The summed E-state index contributed by atoms with van der Waals surface area (Å²) < 4.78 is 8.01. The molecule has 7 heterocycles. The molecule has 5 atom stereocenters. The SMILES string of the molecule is Cc1ncsc1-c1ccc([C@H](C)NC(=O)[C@@H]2C[C@@H](O)CN2C(=O)[C@@H](NC(=O)COc2ccnc(N3CCN(C(=O)C[C@@H]4N=C(c5ccc(Cl)cc5)c5c(sc(C)c5C)-n5c(C)nnc54)CC3)c2)C(C)(C)C)cc1. The van der Waals surface area contributed by atoms with Crippen LogP contribution in [0.2, 0.25) is 5.02 Å². The Morgan fingerprint density at radius 2 is 1.63 bits per heavy atom. The van der Waals surface area contributed by atoms with Crippen LogP contribution < -0.4 is 20.3 Å². The first-order valence-electron chi connectivity index (χ1n) is 24.4. The number of amides is 4. The zero-order chi connectivity index (χ0) is 51.9. The van der Waals surface area contributed by atoms with Crippen molar-refractivity contribution in [2.24, 2.45) is 10.4 Å². The third-order valence-corrected chi connectivity index (χ3v) is 16.3. The second kappa shape index (κ2) is 21.1. The molecule has 3 N–H and O–H groups in total. The van der Waals surface area contributed by atoms with Crippen LogP contribution in [0.5, 0.6) is 5.75 Å². The molecule has 0 unspecified atom stereocenters. The van der Waals surface area contributed by atoms with E-state index in [4.69, 9.17) is 21.3 Å². The monoisotopic (exact) mass is 1050 g/mol. The van der Waals surface area contributed by atoms with Gasteiger partial charge in [-0.1, -0.05) is 68.8 Å². The number of piperazine rings is 1. The summed E-state index contributed by atoms with van der Waals surface area (Å²) in [5.74, 6) is 0.942. The van der Waals surface area contributed by atoms with E-state index < -0.39 is 41.5 Å². The fourth-order valence-electron chi connectivity index (χ4n) is 9.64. The second-order valence-corrected chi connectivity index (χ2v) is 22.5. The number of β-amino-alcohol motifs (C(OH)–C–C–N with tert-alkyl or cyclic N) is 1. The summed E-state index contributed by atoms with van der Waals surface area (Å²) in [5, 5.41) is 27.3. The van der Waals surface area contributed by atoms with Gasteiger partial charge in [-0.25, -0.2) is 9.97 Å². The third kappa shape index (κ3) is 10.9. The Balaban J connectivity index is 0.800. The van der Waals surface area contributed by atoms with Crippen molar-refractivity contribution in [2.45, 2.75) is 98.5 Å². The van der Waals surface area contributed by atoms with Gasteiger partial charge in [-0.2, -0.15) is 0 Å². The highest BCUT2D eigenvalue weighted by molar-refractivity contribution is 7.15. The summed E-state index contributed by atoms with van der Waals surface area (Å²) in [6, 6.07) is 16.0. The van der Waals surface area contributed by atoms with Gasteiger partial charge in [0.05, 0.1) is 40.4 Å². The van der Waals surface area contributed by atoms with Crippen LogP contribution in [0, 0.1) is 33.1 Å². The number of hydrogen-bond acceptors (Lipinski definition) is 14. The van der Waals surface area contributed by atoms with E-state index in [0.29, 0.717) is 48.6 Å². The summed E-state index contributed by atoms with van der Waals surface area (Å²) in [6.07, 6.45) is 0.872. The predicted octanol–water partition coefficient (Wildman–Crippen LogP) is 7.11. The third-order valence-electron chi connectivity index (χ3n) is 13.8. The minimum atomic E-state index is -1.03. The van der Waals surface area contributed by atoms with Crippen molar-refractivity contribution in [1.29, 1.82) is 0 Å². The van der Waals surface area contributed by atoms with E-state index in [1.165, 1.54) is 9.78 Å². The van der Waals surface area contributed by atoms with Gasteiger partial charge in [-0.15, -0.1) is 32.9 Å². The minimum absolute atomic E-state index is 0.0455. The molecule has 3 aliphatic rings. The Labute approximate surface area is 437 Å². The van der Waals surface area contributed by atoms with Crippen LogP contribution in [-0.2, 0) is 19.2 Å². The fourth-order valence-corrected chi connectivity index (χ4v) is 11.8. The molecule has 3 aliphatic heterocycles. The van der Waals surface area contributed by atoms with E-state index >= 15 is 0 Å². The standard InChI is InChI=1S/C53H60ClN11O6S2/c1-29-32(4)73-52-45(29)46(35-13-15-37(54)16-14-35)58-40(49-61-60-33(5)65(49)52)25-44(68)63-21-19-62(20-22-63)42-24-39(17-18-55-42)71-27-43(67)59-48(53(6,7)8)51(70)64-26-38(66)23-41(64)50(69)57-30(2)34-9-11-36(12-10-34)47-31(3)56-28-72-47/h9-18,24,28,30,38,40-41,48,66H,19-23,25-27H2,1-8H3,(H,57,69)(H,59,67)/t30-,38+,40-,41-,48+/m0/s1. The topological polar surface area (TPSA) is 200 Å². The molecule has 73 heavy (non-hydrogen) atoms. The minimum Gasteiger partial charge on any atom is -0.484 e. The van der Waals surface area contributed by atoms with Gasteiger partial charge in [0.25, 0.3) is 5.91 Å². The summed E-state index contributed by atoms with van der Waals surface area (Å²) in [5.41, 5.74) is 7.76. The molecule has 382 valence electrons. The highest BCUT2D eigenvalue weighted by Crippen LogP contribution is 2.40. The maximum absolute atomic E-state index is 14.3. The highest BCUT2D eigenvalue weighted by Gasteiger charge is 2.45. The van der Waals surface area contributed by atoms with Gasteiger partial charge in [0, 0.05) is 72.4 Å². The average Bonchev–Trinajstić information content (AvgIpc) is 4.14. The van der Waals surface area contributed by atoms with Crippen molar-refractivity contribution in [3.63, 3.8) is 0 Å². The summed E-state index contributed by atoms with van der Waals surface area (Å²) >= 11 is 9.53. The van der Waals surface area contributed by atoms with Crippen LogP contribution in [-0.4, -0.2) is 126 Å². The normalized spacial score (nSPS) is 18.6. The van der Waals surface area contributed by atoms with Crippen molar-refractivity contribution >= 4 is 69.4 Å². The number of nitrogens with zero attached hydrogens (tertiary/aromatic N) is 9. The number of thiazole rings is 1. The molecular formula is C53H60ClN11O6S2. The van der Waals surface area contributed by atoms with Crippen molar-refractivity contribution in [1.82, 2.24) is 45.2 Å². The van der Waals surface area contributed by atoms with Crippen molar-refractivity contribution < 1.29 is 29.0 Å². The first-order valence-corrected chi connectivity index (χ1v) is 26.5. The number of likely N-dealkylation sites (tertiary alicyclic amines) is 1. The molecule has 0 bridgehead atoms. The van der Waals surface area contributed by atoms with Crippen LogP contribution in [0.25, 0.3) is 15.4 Å². The van der Waals surface area contributed by atoms with Crippen LogP contribution in [0.3, 0.4) is 0 Å². The molecular weight excluding hydrogens is 986 g/mol. The fraction of sp³-hybridized carbons (Fsp3) is 0.415. The Bertz CT molecular complexity index is 3060. The van der Waals surface area contributed by atoms with Crippen LogP contribution >= 0.6 is 34.3 Å². The van der Waals surface area contributed by atoms with Gasteiger partial charge in [0.1, 0.15) is 40.5 Å². The number of nitrogens with one attached hydrogen (secondary N) is 2. The number of thiophene rings is 1. The number of carbonyl (C=O) groups is 4. The number of anilines is 1. The number of hydrogen-bond donors (Lipinski definition) is 3. The molecule has 2 fully saturated rings. The van der Waals surface area contributed by atoms with Crippen LogP contribution in [0.1, 0.15) is 97.1 Å². The first-order chi connectivity index (χ1) is 34.8. The lowest BCUT2D eigenvalue weighted by molar-refractivity contribution is -0.144. The van der Waals surface area contributed by atoms with Gasteiger partial charge in [-0.3, -0.25) is 28.7 Å². The highest BCUT2D eigenvalue weighted by atomic mass is 35.5. The molecule has 20 heteroatoms. The van der Waals surface area contributed by atoms with E-state index in [2.05, 4.69) is 49.5 Å². The maximum Gasteiger partial charge on any atom is 0.258 e. The van der Waals surface area contributed by atoms with Crippen molar-refractivity contribution in [3.05, 3.63) is 122 Å². The largest absolute Gasteiger partial charge is 0.484 e.